The molecule has 8 aromatic rings. The molecule has 0 N–H and O–H groups in total. The molecule has 2 aromatic heterocycles. The Bertz CT molecular complexity index is 2480. The van der Waals surface area contributed by atoms with E-state index >= 15 is 0 Å². The fraction of sp³-hybridized carbons (Fsp3) is 0. The molecule has 48 heavy (non-hydrogen) atoms. The van der Waals surface area contributed by atoms with Crippen LogP contribution in [0.15, 0.2) is 164 Å². The predicted molar refractivity (Wildman–Crippen MR) is 192 cm³/mol. The van der Waals surface area contributed by atoms with Crippen molar-refractivity contribution in [3.63, 3.8) is 0 Å². The molecular weight excluding hydrogens is 590 g/mol. The molecule has 0 aliphatic carbocycles. The number of nitrogens with zero attached hydrogens (tertiary/aromatic N) is 3. The molecule has 6 aromatic carbocycles. The molecule has 5 heteroatoms. The SMILES string of the molecule is O=C1c2cccc(-n3c4ccccc4c4cc(-c5ccncc5)ccc43)c2C(=O)N1c1cc(-c2ccccc2)cc(-c2ccccc2)c1. The average Bonchev–Trinajstić information content (AvgIpc) is 3.62. The average molecular weight is 618 g/mol. The van der Waals surface area contributed by atoms with Gasteiger partial charge in [0.1, 0.15) is 0 Å². The van der Waals surface area contributed by atoms with Crippen LogP contribution in [0.5, 0.6) is 0 Å². The number of rotatable bonds is 5. The molecule has 0 fully saturated rings. The van der Waals surface area contributed by atoms with Gasteiger partial charge in [-0.05, 0) is 94.0 Å². The standard InChI is InChI=1S/C43H27N3O2/c47-42-36-15-9-17-40(46-38-16-8-7-14-35(38)37-27-31(18-19-39(37)46)30-20-22-44-23-21-30)41(36)43(48)45(42)34-25-32(28-10-3-1-4-11-28)24-33(26-34)29-12-5-2-6-13-29/h1-27H. The fourth-order valence-electron chi connectivity index (χ4n) is 6.98. The maximum Gasteiger partial charge on any atom is 0.268 e. The number of amides is 2. The van der Waals surface area contributed by atoms with E-state index in [0.29, 0.717) is 22.5 Å². The first kappa shape index (κ1) is 27.7. The van der Waals surface area contributed by atoms with Crippen molar-refractivity contribution in [1.29, 1.82) is 0 Å². The van der Waals surface area contributed by atoms with Gasteiger partial charge in [0.05, 0.1) is 33.5 Å². The highest BCUT2D eigenvalue weighted by atomic mass is 16.2. The van der Waals surface area contributed by atoms with Crippen LogP contribution in [0.3, 0.4) is 0 Å². The normalized spacial score (nSPS) is 12.6. The molecule has 3 heterocycles. The lowest BCUT2D eigenvalue weighted by molar-refractivity contribution is 0.0926. The Morgan fingerprint density at radius 2 is 1.06 bits per heavy atom. The van der Waals surface area contributed by atoms with Gasteiger partial charge in [0, 0.05) is 23.2 Å². The van der Waals surface area contributed by atoms with E-state index in [0.717, 1.165) is 55.2 Å². The molecular formula is C43H27N3O2. The van der Waals surface area contributed by atoms with Crippen LogP contribution in [0.1, 0.15) is 20.7 Å². The zero-order valence-corrected chi connectivity index (χ0v) is 25.7. The summed E-state index contributed by atoms with van der Waals surface area (Å²) in [6.45, 7) is 0. The Labute approximate surface area is 277 Å². The number of hydrogen-bond donors (Lipinski definition) is 0. The van der Waals surface area contributed by atoms with Crippen LogP contribution in [0, 0.1) is 0 Å². The Morgan fingerprint density at radius 1 is 0.438 bits per heavy atom. The Balaban J connectivity index is 1.22. The number of para-hydroxylation sites is 1. The van der Waals surface area contributed by atoms with Crippen molar-refractivity contribution in [2.75, 3.05) is 4.90 Å². The van der Waals surface area contributed by atoms with Crippen LogP contribution in [-0.4, -0.2) is 21.4 Å². The summed E-state index contributed by atoms with van der Waals surface area (Å²) < 4.78 is 2.12. The lowest BCUT2D eigenvalue weighted by Gasteiger charge is -2.18. The van der Waals surface area contributed by atoms with Gasteiger partial charge in [-0.15, -0.1) is 0 Å². The molecule has 226 valence electrons. The highest BCUT2D eigenvalue weighted by Crippen LogP contribution is 2.40. The fourth-order valence-corrected chi connectivity index (χ4v) is 6.98. The number of anilines is 1. The van der Waals surface area contributed by atoms with Gasteiger partial charge in [-0.25, -0.2) is 4.90 Å². The molecule has 5 nitrogen and oxygen atoms in total. The van der Waals surface area contributed by atoms with E-state index in [4.69, 9.17) is 0 Å². The van der Waals surface area contributed by atoms with Crippen LogP contribution in [0.2, 0.25) is 0 Å². The van der Waals surface area contributed by atoms with E-state index in [-0.39, 0.29) is 11.8 Å². The second-order valence-corrected chi connectivity index (χ2v) is 12.0. The largest absolute Gasteiger partial charge is 0.308 e. The quantitative estimate of drug-likeness (QED) is 0.181. The van der Waals surface area contributed by atoms with Gasteiger partial charge in [-0.2, -0.15) is 0 Å². The summed E-state index contributed by atoms with van der Waals surface area (Å²) in [7, 11) is 0. The molecule has 0 bridgehead atoms. The molecule has 0 spiro atoms. The smallest absolute Gasteiger partial charge is 0.268 e. The summed E-state index contributed by atoms with van der Waals surface area (Å²) in [5, 5.41) is 2.13. The Morgan fingerprint density at radius 3 is 1.77 bits per heavy atom. The third kappa shape index (κ3) is 4.37. The monoisotopic (exact) mass is 617 g/mol. The minimum Gasteiger partial charge on any atom is -0.308 e. The molecule has 1 aliphatic heterocycles. The van der Waals surface area contributed by atoms with E-state index in [1.807, 2.05) is 109 Å². The minimum atomic E-state index is -0.339. The lowest BCUT2D eigenvalue weighted by atomic mass is 9.97. The number of hydrogen-bond acceptors (Lipinski definition) is 3. The highest BCUT2D eigenvalue weighted by Gasteiger charge is 2.39. The second kappa shape index (κ2) is 11.0. The Kier molecular flexibility index (Phi) is 6.37. The molecule has 0 radical (unpaired) electrons. The Hall–Kier alpha value is -6.59. The van der Waals surface area contributed by atoms with Gasteiger partial charge in [0.15, 0.2) is 0 Å². The number of fused-ring (bicyclic) bond motifs is 4. The first-order valence-corrected chi connectivity index (χ1v) is 15.9. The topological polar surface area (TPSA) is 55.2 Å². The lowest BCUT2D eigenvalue weighted by Crippen LogP contribution is -2.29. The number of carbonyl (C=O) groups is 2. The number of carbonyl (C=O) groups excluding carboxylic acids is 2. The van der Waals surface area contributed by atoms with Crippen LogP contribution in [-0.2, 0) is 0 Å². The maximum absolute atomic E-state index is 14.6. The first-order chi connectivity index (χ1) is 23.7. The third-order valence-corrected chi connectivity index (χ3v) is 9.21. The molecule has 0 atom stereocenters. The zero-order chi connectivity index (χ0) is 32.2. The molecule has 0 unspecified atom stereocenters. The van der Waals surface area contributed by atoms with E-state index < -0.39 is 0 Å². The number of aromatic nitrogens is 2. The molecule has 0 saturated heterocycles. The maximum atomic E-state index is 14.6. The summed E-state index contributed by atoms with van der Waals surface area (Å²) in [6, 6.07) is 50.2. The van der Waals surface area contributed by atoms with Gasteiger partial charge in [0.2, 0.25) is 0 Å². The van der Waals surface area contributed by atoms with Gasteiger partial charge in [0.25, 0.3) is 11.8 Å². The van der Waals surface area contributed by atoms with Gasteiger partial charge in [-0.3, -0.25) is 14.6 Å². The van der Waals surface area contributed by atoms with E-state index in [1.165, 1.54) is 4.90 Å². The number of benzene rings is 6. The van der Waals surface area contributed by atoms with Crippen molar-refractivity contribution in [2.24, 2.45) is 0 Å². The molecule has 9 rings (SSSR count). The van der Waals surface area contributed by atoms with E-state index in [2.05, 4.69) is 45.9 Å². The summed E-state index contributed by atoms with van der Waals surface area (Å²) in [5.74, 6) is -0.670. The van der Waals surface area contributed by atoms with Crippen molar-refractivity contribution in [3.05, 3.63) is 175 Å². The molecule has 0 saturated carbocycles. The van der Waals surface area contributed by atoms with E-state index in [9.17, 15) is 9.59 Å². The first-order valence-electron chi connectivity index (χ1n) is 15.9. The summed E-state index contributed by atoms with van der Waals surface area (Å²) in [5.41, 5.74) is 9.95. The van der Waals surface area contributed by atoms with Crippen LogP contribution >= 0.6 is 0 Å². The van der Waals surface area contributed by atoms with Crippen molar-refractivity contribution in [3.8, 4) is 39.1 Å². The summed E-state index contributed by atoms with van der Waals surface area (Å²) in [6.07, 6.45) is 3.59. The van der Waals surface area contributed by atoms with Crippen LogP contribution in [0.25, 0.3) is 60.9 Å². The predicted octanol–water partition coefficient (Wildman–Crippen LogP) is 9.98. The third-order valence-electron chi connectivity index (χ3n) is 9.21. The molecule has 1 aliphatic rings. The number of imide groups is 1. The molecule has 2 amide bonds. The van der Waals surface area contributed by atoms with Crippen molar-refractivity contribution in [1.82, 2.24) is 9.55 Å². The van der Waals surface area contributed by atoms with Gasteiger partial charge in [-0.1, -0.05) is 91.0 Å². The highest BCUT2D eigenvalue weighted by molar-refractivity contribution is 6.36. The van der Waals surface area contributed by atoms with E-state index in [1.54, 1.807) is 18.5 Å². The van der Waals surface area contributed by atoms with Gasteiger partial charge < -0.3 is 4.57 Å². The zero-order valence-electron chi connectivity index (χ0n) is 25.7. The van der Waals surface area contributed by atoms with Crippen LogP contribution < -0.4 is 4.90 Å². The van der Waals surface area contributed by atoms with Gasteiger partial charge >= 0.3 is 0 Å². The van der Waals surface area contributed by atoms with Crippen molar-refractivity contribution < 1.29 is 9.59 Å². The number of pyridine rings is 1. The second-order valence-electron chi connectivity index (χ2n) is 12.0. The van der Waals surface area contributed by atoms with Crippen molar-refractivity contribution >= 4 is 39.3 Å². The van der Waals surface area contributed by atoms with Crippen LogP contribution in [0.4, 0.5) is 5.69 Å². The summed E-state index contributed by atoms with van der Waals surface area (Å²) in [4.78, 5) is 34.4. The van der Waals surface area contributed by atoms with Crippen molar-refractivity contribution in [2.45, 2.75) is 0 Å². The summed E-state index contributed by atoms with van der Waals surface area (Å²) >= 11 is 0. The minimum absolute atomic E-state index is 0.332.